The van der Waals surface area contributed by atoms with Crippen molar-refractivity contribution in [1.29, 1.82) is 0 Å². The molecule has 0 spiro atoms. The molecule has 0 bridgehead atoms. The molecule has 0 aliphatic rings. The van der Waals surface area contributed by atoms with Gasteiger partial charge in [0, 0.05) is 0 Å². The van der Waals surface area contributed by atoms with Crippen molar-refractivity contribution >= 4 is 5.91 Å². The Morgan fingerprint density at radius 3 is 2.83 bits per heavy atom. The molecular weight excluding hydrogens is 152 g/mol. The van der Waals surface area contributed by atoms with Crippen LogP contribution in [0.2, 0.25) is 0 Å². The highest BCUT2D eigenvalue weighted by atomic mass is 16.1. The summed E-state index contributed by atoms with van der Waals surface area (Å²) in [6.07, 6.45) is 5.25. The molecule has 0 aromatic rings. The Morgan fingerprint density at radius 1 is 1.67 bits per heavy atom. The minimum Gasteiger partial charge on any atom is -0.337 e. The van der Waals surface area contributed by atoms with Gasteiger partial charge in [0.1, 0.15) is 0 Å². The number of hydrogen-bond acceptors (Lipinski definition) is 2. The van der Waals surface area contributed by atoms with Gasteiger partial charge < -0.3 is 11.1 Å². The first-order valence-electron chi connectivity index (χ1n) is 4.39. The summed E-state index contributed by atoms with van der Waals surface area (Å²) in [5, 5.41) is 2.61. The topological polar surface area (TPSA) is 55.1 Å². The van der Waals surface area contributed by atoms with Crippen molar-refractivity contribution < 1.29 is 4.79 Å². The smallest absolute Gasteiger partial charge is 0.244 e. The highest BCUT2D eigenvalue weighted by Gasteiger charge is 2.02. The lowest BCUT2D eigenvalue weighted by Crippen LogP contribution is -2.40. The molecule has 0 radical (unpaired) electrons. The number of rotatable bonds is 6. The van der Waals surface area contributed by atoms with E-state index in [1.165, 1.54) is 12.5 Å². The zero-order chi connectivity index (χ0) is 9.40. The lowest BCUT2D eigenvalue weighted by molar-refractivity contribution is -0.117. The van der Waals surface area contributed by atoms with E-state index >= 15 is 0 Å². The van der Waals surface area contributed by atoms with E-state index in [4.69, 9.17) is 5.73 Å². The summed E-state index contributed by atoms with van der Waals surface area (Å²) < 4.78 is 0. The molecule has 0 aliphatic heterocycles. The summed E-state index contributed by atoms with van der Waals surface area (Å²) in [6, 6.07) is 0. The van der Waals surface area contributed by atoms with E-state index in [1.54, 1.807) is 0 Å². The van der Waals surface area contributed by atoms with Gasteiger partial charge in [0.15, 0.2) is 0 Å². The zero-order valence-electron chi connectivity index (χ0n) is 7.68. The molecule has 0 fully saturated rings. The molecule has 3 N–H and O–H groups in total. The van der Waals surface area contributed by atoms with Gasteiger partial charge in [0.05, 0.1) is 6.17 Å². The van der Waals surface area contributed by atoms with Crippen molar-refractivity contribution in [2.24, 2.45) is 5.73 Å². The molecule has 70 valence electrons. The molecule has 0 aromatic carbocycles. The normalized spacial score (nSPS) is 12.2. The summed E-state index contributed by atoms with van der Waals surface area (Å²) >= 11 is 0. The molecule has 3 nitrogen and oxygen atoms in total. The maximum Gasteiger partial charge on any atom is 0.244 e. The van der Waals surface area contributed by atoms with E-state index in [0.29, 0.717) is 0 Å². The van der Waals surface area contributed by atoms with Crippen LogP contribution in [0.15, 0.2) is 12.7 Å². The molecule has 12 heavy (non-hydrogen) atoms. The predicted molar refractivity (Wildman–Crippen MR) is 50.5 cm³/mol. The van der Waals surface area contributed by atoms with Crippen molar-refractivity contribution in [2.45, 2.75) is 38.8 Å². The highest BCUT2D eigenvalue weighted by Crippen LogP contribution is 1.99. The van der Waals surface area contributed by atoms with Gasteiger partial charge >= 0.3 is 0 Å². The lowest BCUT2D eigenvalue weighted by atomic mass is 10.2. The Hall–Kier alpha value is -0.830. The van der Waals surface area contributed by atoms with E-state index in [1.807, 2.05) is 0 Å². The van der Waals surface area contributed by atoms with Crippen LogP contribution in [0.5, 0.6) is 0 Å². The van der Waals surface area contributed by atoms with Crippen LogP contribution in [0.3, 0.4) is 0 Å². The molecule has 0 saturated heterocycles. The first-order chi connectivity index (χ1) is 5.70. The minimum absolute atomic E-state index is 0.195. The van der Waals surface area contributed by atoms with E-state index in [2.05, 4.69) is 18.8 Å². The number of nitrogens with one attached hydrogen (secondary N) is 1. The van der Waals surface area contributed by atoms with Crippen LogP contribution >= 0.6 is 0 Å². The fraction of sp³-hybridized carbons (Fsp3) is 0.667. The number of hydrogen-bond donors (Lipinski definition) is 2. The molecule has 0 heterocycles. The first-order valence-corrected chi connectivity index (χ1v) is 4.39. The molecule has 3 heteroatoms. The SMILES string of the molecule is C=CC(=O)NC(N)CCCCC. The van der Waals surface area contributed by atoms with Crippen LogP contribution in [-0.2, 0) is 4.79 Å². The highest BCUT2D eigenvalue weighted by molar-refractivity contribution is 5.86. The maximum absolute atomic E-state index is 10.7. The molecule has 1 unspecified atom stereocenters. The molecule has 0 aliphatic carbocycles. The Kier molecular flexibility index (Phi) is 6.38. The third-order valence-corrected chi connectivity index (χ3v) is 1.63. The summed E-state index contributed by atoms with van der Waals surface area (Å²) in [4.78, 5) is 10.7. The molecule has 0 rings (SSSR count). The van der Waals surface area contributed by atoms with Gasteiger partial charge in [0.25, 0.3) is 0 Å². The van der Waals surface area contributed by atoms with Crippen molar-refractivity contribution in [1.82, 2.24) is 5.32 Å². The van der Waals surface area contributed by atoms with Gasteiger partial charge in [-0.2, -0.15) is 0 Å². The Labute approximate surface area is 74.0 Å². The second-order valence-electron chi connectivity index (χ2n) is 2.81. The molecule has 0 aromatic heterocycles. The average Bonchev–Trinajstić information content (AvgIpc) is 2.05. The van der Waals surface area contributed by atoms with E-state index in [0.717, 1.165) is 19.3 Å². The first kappa shape index (κ1) is 11.2. The predicted octanol–water partition coefficient (Wildman–Crippen LogP) is 1.15. The standard InChI is InChI=1S/C9H18N2O/c1-3-5-6-7-8(10)11-9(12)4-2/h4,8H,2-3,5-7,10H2,1H3,(H,11,12). The van der Waals surface area contributed by atoms with Gasteiger partial charge in [-0.05, 0) is 12.5 Å². The van der Waals surface area contributed by atoms with Gasteiger partial charge in [-0.25, -0.2) is 0 Å². The van der Waals surface area contributed by atoms with Gasteiger partial charge in [-0.15, -0.1) is 0 Å². The zero-order valence-corrected chi connectivity index (χ0v) is 7.68. The van der Waals surface area contributed by atoms with Gasteiger partial charge in [-0.3, -0.25) is 4.79 Å². The van der Waals surface area contributed by atoms with Crippen LogP contribution < -0.4 is 11.1 Å². The molecule has 1 atom stereocenters. The summed E-state index contributed by atoms with van der Waals surface area (Å²) in [5.41, 5.74) is 5.61. The summed E-state index contributed by atoms with van der Waals surface area (Å²) in [7, 11) is 0. The van der Waals surface area contributed by atoms with Gasteiger partial charge in [0.2, 0.25) is 5.91 Å². The van der Waals surface area contributed by atoms with Crippen LogP contribution in [-0.4, -0.2) is 12.1 Å². The Morgan fingerprint density at radius 2 is 2.33 bits per heavy atom. The quantitative estimate of drug-likeness (QED) is 0.357. The van der Waals surface area contributed by atoms with E-state index < -0.39 is 0 Å². The second-order valence-corrected chi connectivity index (χ2v) is 2.81. The van der Waals surface area contributed by atoms with Crippen molar-refractivity contribution in [2.75, 3.05) is 0 Å². The minimum atomic E-state index is -0.220. The summed E-state index contributed by atoms with van der Waals surface area (Å²) in [5.74, 6) is -0.195. The number of carbonyl (C=O) groups excluding carboxylic acids is 1. The van der Waals surface area contributed by atoms with Crippen LogP contribution in [0, 0.1) is 0 Å². The fourth-order valence-electron chi connectivity index (χ4n) is 0.928. The van der Waals surface area contributed by atoms with E-state index in [-0.39, 0.29) is 12.1 Å². The van der Waals surface area contributed by atoms with Crippen LogP contribution in [0.4, 0.5) is 0 Å². The van der Waals surface area contributed by atoms with Crippen molar-refractivity contribution in [3.63, 3.8) is 0 Å². The summed E-state index contributed by atoms with van der Waals surface area (Å²) in [6.45, 7) is 5.48. The van der Waals surface area contributed by atoms with Crippen molar-refractivity contribution in [3.8, 4) is 0 Å². The maximum atomic E-state index is 10.7. The van der Waals surface area contributed by atoms with E-state index in [9.17, 15) is 4.79 Å². The largest absolute Gasteiger partial charge is 0.337 e. The van der Waals surface area contributed by atoms with Gasteiger partial charge in [-0.1, -0.05) is 32.8 Å². The number of nitrogens with two attached hydrogens (primary N) is 1. The van der Waals surface area contributed by atoms with Crippen LogP contribution in [0.1, 0.15) is 32.6 Å². The van der Waals surface area contributed by atoms with Crippen molar-refractivity contribution in [3.05, 3.63) is 12.7 Å². The average molecular weight is 170 g/mol. The Bertz CT molecular complexity index is 145. The molecule has 0 saturated carbocycles. The third-order valence-electron chi connectivity index (χ3n) is 1.63. The second kappa shape index (κ2) is 6.85. The Balaban J connectivity index is 3.38. The molecule has 1 amide bonds. The molecular formula is C9H18N2O. The van der Waals surface area contributed by atoms with Crippen LogP contribution in [0.25, 0.3) is 0 Å². The third kappa shape index (κ3) is 5.92. The number of carbonyl (C=O) groups is 1. The lowest BCUT2D eigenvalue weighted by Gasteiger charge is -2.11. The fourth-order valence-corrected chi connectivity index (χ4v) is 0.928. The number of unbranched alkanes of at least 4 members (excludes halogenated alkanes) is 2. The number of amides is 1. The monoisotopic (exact) mass is 170 g/mol.